The van der Waals surface area contributed by atoms with Gasteiger partial charge in [0.1, 0.15) is 6.29 Å². The summed E-state index contributed by atoms with van der Waals surface area (Å²) in [6, 6.07) is 9.87. The minimum atomic E-state index is -0.278. The molecule has 1 atom stereocenters. The first-order chi connectivity index (χ1) is 13.3. The van der Waals surface area contributed by atoms with Crippen molar-refractivity contribution in [2.75, 3.05) is 6.54 Å². The van der Waals surface area contributed by atoms with Gasteiger partial charge in [-0.2, -0.15) is 0 Å². The summed E-state index contributed by atoms with van der Waals surface area (Å²) in [6.07, 6.45) is 3.66. The summed E-state index contributed by atoms with van der Waals surface area (Å²) >= 11 is 3.28. The second-order valence-corrected chi connectivity index (χ2v) is 8.30. The molecule has 27 heavy (non-hydrogen) atoms. The van der Waals surface area contributed by atoms with Crippen molar-refractivity contribution in [1.29, 1.82) is 0 Å². The lowest BCUT2D eigenvalue weighted by atomic mass is 10.0. The van der Waals surface area contributed by atoms with Crippen molar-refractivity contribution in [2.24, 2.45) is 0 Å². The van der Waals surface area contributed by atoms with Crippen LogP contribution in [0.25, 0.3) is 21.5 Å². The van der Waals surface area contributed by atoms with Gasteiger partial charge in [-0.1, -0.05) is 12.1 Å². The van der Waals surface area contributed by atoms with Crippen LogP contribution < -0.4 is 0 Å². The van der Waals surface area contributed by atoms with E-state index in [2.05, 4.69) is 20.9 Å². The highest BCUT2D eigenvalue weighted by Crippen LogP contribution is 2.38. The van der Waals surface area contributed by atoms with Crippen molar-refractivity contribution in [1.82, 2.24) is 19.9 Å². The minimum Gasteiger partial charge on any atom is -0.301 e. The van der Waals surface area contributed by atoms with E-state index < -0.39 is 0 Å². The number of para-hydroxylation sites is 1. The lowest BCUT2D eigenvalue weighted by Gasteiger charge is -2.20. The summed E-state index contributed by atoms with van der Waals surface area (Å²) in [4.78, 5) is 27.8. The maximum atomic E-state index is 12.0. The molecule has 0 spiro atoms. The molecule has 0 radical (unpaired) electrons. The molecule has 1 unspecified atom stereocenters. The Kier molecular flexibility index (Phi) is 4.27. The Labute approximate surface area is 164 Å². The maximum Gasteiger partial charge on any atom is 0.141 e. The van der Waals surface area contributed by atoms with Gasteiger partial charge >= 0.3 is 0 Å². The number of aromatic nitrogens is 3. The van der Waals surface area contributed by atoms with Gasteiger partial charge in [-0.25, -0.2) is 9.97 Å². The molecule has 0 fully saturated rings. The van der Waals surface area contributed by atoms with Gasteiger partial charge in [0.2, 0.25) is 0 Å². The number of rotatable bonds is 5. The molecule has 1 aliphatic rings. The standard InChI is InChI=1S/C20H16N4OS2/c25-10-17-20-13(16-11-26-12-22-16)5-7-21-15(20)9-24(17)8-6-19-23-14-3-1-2-4-18(14)27-19/h1-5,7,10-12,17H,6,8-9H2. The number of pyridine rings is 1. The first-order valence-electron chi connectivity index (χ1n) is 8.73. The zero-order valence-corrected chi connectivity index (χ0v) is 16.0. The van der Waals surface area contributed by atoms with E-state index >= 15 is 0 Å². The number of nitrogens with zero attached hydrogens (tertiary/aromatic N) is 4. The predicted octanol–water partition coefficient (Wildman–Crippen LogP) is 4.11. The predicted molar refractivity (Wildman–Crippen MR) is 108 cm³/mol. The molecular formula is C20H16N4OS2. The van der Waals surface area contributed by atoms with Crippen LogP contribution in [0.4, 0.5) is 0 Å². The highest BCUT2D eigenvalue weighted by Gasteiger charge is 2.33. The quantitative estimate of drug-likeness (QED) is 0.478. The van der Waals surface area contributed by atoms with Crippen LogP contribution in [-0.2, 0) is 17.8 Å². The third-order valence-electron chi connectivity index (χ3n) is 4.90. The molecule has 0 saturated heterocycles. The van der Waals surface area contributed by atoms with E-state index in [0.717, 1.165) is 52.3 Å². The van der Waals surface area contributed by atoms with E-state index in [-0.39, 0.29) is 6.04 Å². The minimum absolute atomic E-state index is 0.278. The van der Waals surface area contributed by atoms with E-state index in [4.69, 9.17) is 4.98 Å². The number of fused-ring (bicyclic) bond motifs is 2. The largest absolute Gasteiger partial charge is 0.301 e. The Morgan fingerprint density at radius 1 is 1.22 bits per heavy atom. The van der Waals surface area contributed by atoms with Crippen molar-refractivity contribution in [3.8, 4) is 11.3 Å². The Balaban J connectivity index is 1.41. The molecule has 0 amide bonds. The number of hydrogen-bond donors (Lipinski definition) is 0. The third kappa shape index (κ3) is 2.97. The van der Waals surface area contributed by atoms with Gasteiger partial charge in [0.15, 0.2) is 0 Å². The fraction of sp³-hybridized carbons (Fsp3) is 0.200. The van der Waals surface area contributed by atoms with Crippen LogP contribution in [0.1, 0.15) is 22.3 Å². The van der Waals surface area contributed by atoms with Gasteiger partial charge in [0.25, 0.3) is 0 Å². The first kappa shape index (κ1) is 16.7. The smallest absolute Gasteiger partial charge is 0.141 e. The van der Waals surface area contributed by atoms with Crippen molar-refractivity contribution < 1.29 is 4.79 Å². The zero-order valence-electron chi connectivity index (χ0n) is 14.4. The maximum absolute atomic E-state index is 12.0. The number of thiazole rings is 2. The molecule has 7 heteroatoms. The molecule has 4 aromatic rings. The van der Waals surface area contributed by atoms with Crippen LogP contribution in [0.15, 0.2) is 47.4 Å². The molecule has 4 heterocycles. The van der Waals surface area contributed by atoms with E-state index in [1.165, 1.54) is 4.70 Å². The summed E-state index contributed by atoms with van der Waals surface area (Å²) in [5.74, 6) is 0. The Morgan fingerprint density at radius 2 is 2.15 bits per heavy atom. The topological polar surface area (TPSA) is 59.0 Å². The molecule has 5 rings (SSSR count). The number of carbonyl (C=O) groups is 1. The Morgan fingerprint density at radius 3 is 2.96 bits per heavy atom. The van der Waals surface area contributed by atoms with Crippen molar-refractivity contribution in [2.45, 2.75) is 19.0 Å². The van der Waals surface area contributed by atoms with Gasteiger partial charge in [0.05, 0.1) is 38.2 Å². The SMILES string of the molecule is O=CC1c2c(-c3cscn3)ccnc2CN1CCc1nc2ccccc2s1. The highest BCUT2D eigenvalue weighted by molar-refractivity contribution is 7.18. The van der Waals surface area contributed by atoms with E-state index in [9.17, 15) is 4.79 Å². The summed E-state index contributed by atoms with van der Waals surface area (Å²) < 4.78 is 1.21. The molecular weight excluding hydrogens is 376 g/mol. The number of benzene rings is 1. The van der Waals surface area contributed by atoms with Crippen molar-refractivity contribution >= 4 is 39.2 Å². The monoisotopic (exact) mass is 392 g/mol. The number of hydrogen-bond acceptors (Lipinski definition) is 7. The summed E-state index contributed by atoms with van der Waals surface area (Å²) in [7, 11) is 0. The van der Waals surface area contributed by atoms with Crippen LogP contribution in [0.3, 0.4) is 0 Å². The van der Waals surface area contributed by atoms with Gasteiger partial charge in [-0.3, -0.25) is 9.88 Å². The van der Waals surface area contributed by atoms with E-state index in [0.29, 0.717) is 6.54 Å². The molecule has 3 aromatic heterocycles. The van der Waals surface area contributed by atoms with Gasteiger partial charge in [0, 0.05) is 42.2 Å². The normalized spacial score (nSPS) is 16.7. The number of aldehydes is 1. The van der Waals surface area contributed by atoms with Gasteiger partial charge in [-0.15, -0.1) is 22.7 Å². The Hall–Kier alpha value is -2.48. The molecule has 1 aliphatic heterocycles. The molecule has 0 aliphatic carbocycles. The molecule has 0 saturated carbocycles. The van der Waals surface area contributed by atoms with Crippen LogP contribution in [0.2, 0.25) is 0 Å². The summed E-state index contributed by atoms with van der Waals surface area (Å²) in [6.45, 7) is 1.46. The average molecular weight is 393 g/mol. The van der Waals surface area contributed by atoms with Crippen LogP contribution in [0.5, 0.6) is 0 Å². The third-order valence-corrected chi connectivity index (χ3v) is 6.59. The second kappa shape index (κ2) is 6.92. The van der Waals surface area contributed by atoms with Crippen LogP contribution >= 0.6 is 22.7 Å². The first-order valence-corrected chi connectivity index (χ1v) is 10.5. The van der Waals surface area contributed by atoms with E-state index in [1.54, 1.807) is 22.7 Å². The molecule has 5 nitrogen and oxygen atoms in total. The molecule has 0 N–H and O–H groups in total. The van der Waals surface area contributed by atoms with Crippen LogP contribution in [0, 0.1) is 0 Å². The van der Waals surface area contributed by atoms with Gasteiger partial charge < -0.3 is 4.79 Å². The lowest BCUT2D eigenvalue weighted by Crippen LogP contribution is -2.25. The summed E-state index contributed by atoms with van der Waals surface area (Å²) in [5.41, 5.74) is 6.77. The number of carbonyl (C=O) groups excluding carboxylic acids is 1. The van der Waals surface area contributed by atoms with Crippen LogP contribution in [-0.4, -0.2) is 32.7 Å². The zero-order chi connectivity index (χ0) is 18.2. The summed E-state index contributed by atoms with van der Waals surface area (Å²) in [5, 5.41) is 3.12. The Bertz CT molecular complexity index is 1070. The fourth-order valence-corrected chi connectivity index (χ4v) is 5.16. The molecule has 134 valence electrons. The lowest BCUT2D eigenvalue weighted by molar-refractivity contribution is -0.112. The average Bonchev–Trinajstić information content (AvgIpc) is 3.43. The molecule has 0 bridgehead atoms. The highest BCUT2D eigenvalue weighted by atomic mass is 32.1. The van der Waals surface area contributed by atoms with E-state index in [1.807, 2.05) is 41.4 Å². The van der Waals surface area contributed by atoms with Crippen molar-refractivity contribution in [3.05, 3.63) is 63.7 Å². The molecule has 1 aromatic carbocycles. The van der Waals surface area contributed by atoms with Gasteiger partial charge in [-0.05, 0) is 18.2 Å². The fourth-order valence-electron chi connectivity index (χ4n) is 3.65. The van der Waals surface area contributed by atoms with Crippen molar-refractivity contribution in [3.63, 3.8) is 0 Å². The second-order valence-electron chi connectivity index (χ2n) is 6.47.